The highest BCUT2D eigenvalue weighted by Crippen LogP contribution is 2.28. The largest absolute Gasteiger partial charge is 0.396 e. The van der Waals surface area contributed by atoms with E-state index in [0.717, 1.165) is 0 Å². The first kappa shape index (κ1) is 13.4. The normalized spacial score (nSPS) is 22.2. The highest BCUT2D eigenvalue weighted by Gasteiger charge is 2.37. The zero-order chi connectivity index (χ0) is 12.3. The molecule has 0 aromatic heterocycles. The number of alkyl halides is 2. The molecule has 0 saturated carbocycles. The first-order valence-electron chi connectivity index (χ1n) is 5.65. The summed E-state index contributed by atoms with van der Waals surface area (Å²) in [5, 5.41) is 9.10. The number of rotatable bonds is 3. The number of likely N-dealkylation sites (tertiary alicyclic amines) is 1. The maximum Gasteiger partial charge on any atom is 0.251 e. The van der Waals surface area contributed by atoms with Crippen molar-refractivity contribution in [2.75, 3.05) is 19.7 Å². The Morgan fingerprint density at radius 2 is 1.88 bits per heavy atom. The molecule has 1 fully saturated rings. The molecule has 1 unspecified atom stereocenters. The molecule has 0 aromatic rings. The van der Waals surface area contributed by atoms with E-state index in [9.17, 15) is 13.6 Å². The summed E-state index contributed by atoms with van der Waals surface area (Å²) in [5.74, 6) is -3.27. The molecular weight excluding hydrogens is 216 g/mol. The Balaban J connectivity index is 2.56. The zero-order valence-corrected chi connectivity index (χ0v) is 9.75. The molecule has 1 rings (SSSR count). The van der Waals surface area contributed by atoms with E-state index in [4.69, 9.17) is 5.11 Å². The van der Waals surface area contributed by atoms with Gasteiger partial charge in [-0.3, -0.25) is 4.79 Å². The summed E-state index contributed by atoms with van der Waals surface area (Å²) < 4.78 is 25.8. The van der Waals surface area contributed by atoms with Crippen LogP contribution in [0.15, 0.2) is 0 Å². The zero-order valence-electron chi connectivity index (χ0n) is 9.75. The predicted octanol–water partition coefficient (Wildman–Crippen LogP) is 1.51. The Morgan fingerprint density at radius 3 is 2.25 bits per heavy atom. The van der Waals surface area contributed by atoms with Crippen LogP contribution in [0.5, 0.6) is 0 Å². The van der Waals surface area contributed by atoms with Crippen molar-refractivity contribution in [2.45, 2.75) is 32.6 Å². The maximum atomic E-state index is 12.9. The average molecular weight is 235 g/mol. The molecule has 1 aliphatic heterocycles. The summed E-state index contributed by atoms with van der Waals surface area (Å²) in [4.78, 5) is 13.3. The Labute approximate surface area is 94.4 Å². The fourth-order valence-corrected chi connectivity index (χ4v) is 1.86. The van der Waals surface area contributed by atoms with Crippen molar-refractivity contribution < 1.29 is 18.7 Å². The van der Waals surface area contributed by atoms with Crippen LogP contribution < -0.4 is 0 Å². The summed E-state index contributed by atoms with van der Waals surface area (Å²) in [6.45, 7) is 3.65. The fourth-order valence-electron chi connectivity index (χ4n) is 1.86. The first-order chi connectivity index (χ1) is 7.37. The number of hydrogen-bond acceptors (Lipinski definition) is 2. The smallest absolute Gasteiger partial charge is 0.251 e. The molecule has 3 nitrogen and oxygen atoms in total. The van der Waals surface area contributed by atoms with Crippen molar-refractivity contribution in [1.82, 2.24) is 4.90 Å². The second kappa shape index (κ2) is 5.08. The lowest BCUT2D eigenvalue weighted by Crippen LogP contribution is -2.46. The molecule has 0 radical (unpaired) electrons. The molecule has 16 heavy (non-hydrogen) atoms. The summed E-state index contributed by atoms with van der Waals surface area (Å²) in [6, 6.07) is 0. The van der Waals surface area contributed by atoms with Crippen LogP contribution >= 0.6 is 0 Å². The van der Waals surface area contributed by atoms with Gasteiger partial charge in [-0.15, -0.1) is 0 Å². The van der Waals surface area contributed by atoms with E-state index >= 15 is 0 Å². The fraction of sp³-hybridized carbons (Fsp3) is 0.909. The molecule has 0 aromatic carbocycles. The van der Waals surface area contributed by atoms with Crippen molar-refractivity contribution in [3.63, 3.8) is 0 Å². The van der Waals surface area contributed by atoms with Crippen LogP contribution in [-0.2, 0) is 4.79 Å². The van der Waals surface area contributed by atoms with Gasteiger partial charge in [0.25, 0.3) is 5.92 Å². The van der Waals surface area contributed by atoms with Crippen LogP contribution in [0.4, 0.5) is 8.78 Å². The van der Waals surface area contributed by atoms with Crippen molar-refractivity contribution in [3.8, 4) is 0 Å². The third-order valence-electron chi connectivity index (χ3n) is 3.13. The second-order valence-electron chi connectivity index (χ2n) is 4.71. The monoisotopic (exact) mass is 235 g/mol. The molecule has 1 N–H and O–H groups in total. The van der Waals surface area contributed by atoms with Crippen molar-refractivity contribution in [1.29, 1.82) is 0 Å². The topological polar surface area (TPSA) is 40.5 Å². The van der Waals surface area contributed by atoms with Gasteiger partial charge in [-0.2, -0.15) is 0 Å². The van der Waals surface area contributed by atoms with Crippen LogP contribution in [0.2, 0.25) is 0 Å². The van der Waals surface area contributed by atoms with Gasteiger partial charge < -0.3 is 10.0 Å². The SMILES string of the molecule is CC(C)C(CO)C(=O)N1CCC(F)(F)CC1. The van der Waals surface area contributed by atoms with Gasteiger partial charge in [0.1, 0.15) is 0 Å². The number of carbonyl (C=O) groups is 1. The summed E-state index contributed by atoms with van der Waals surface area (Å²) in [6.07, 6.45) is -0.538. The Morgan fingerprint density at radius 1 is 1.38 bits per heavy atom. The number of amides is 1. The number of carbonyl (C=O) groups excluding carboxylic acids is 1. The third-order valence-corrected chi connectivity index (χ3v) is 3.13. The number of aliphatic hydroxyl groups is 1. The van der Waals surface area contributed by atoms with Gasteiger partial charge in [0.15, 0.2) is 0 Å². The van der Waals surface area contributed by atoms with Crippen LogP contribution in [0.1, 0.15) is 26.7 Å². The minimum absolute atomic E-state index is 0.0277. The van der Waals surface area contributed by atoms with E-state index in [0.29, 0.717) is 0 Å². The van der Waals surface area contributed by atoms with E-state index in [-0.39, 0.29) is 44.4 Å². The lowest BCUT2D eigenvalue weighted by molar-refractivity contribution is -0.144. The maximum absolute atomic E-state index is 12.9. The van der Waals surface area contributed by atoms with Crippen LogP contribution in [0.25, 0.3) is 0 Å². The van der Waals surface area contributed by atoms with E-state index in [1.54, 1.807) is 0 Å². The van der Waals surface area contributed by atoms with E-state index in [1.165, 1.54) is 4.90 Å². The number of aliphatic hydroxyl groups excluding tert-OH is 1. The third kappa shape index (κ3) is 3.14. The van der Waals surface area contributed by atoms with Crippen molar-refractivity contribution in [2.24, 2.45) is 11.8 Å². The molecule has 1 amide bonds. The predicted molar refractivity (Wildman–Crippen MR) is 56.2 cm³/mol. The second-order valence-corrected chi connectivity index (χ2v) is 4.71. The molecule has 0 aliphatic carbocycles. The number of piperidine rings is 1. The van der Waals surface area contributed by atoms with E-state index in [2.05, 4.69) is 0 Å². The molecule has 5 heteroatoms. The molecule has 94 valence electrons. The van der Waals surface area contributed by atoms with Gasteiger partial charge in [0.05, 0.1) is 12.5 Å². The molecule has 0 bridgehead atoms. The van der Waals surface area contributed by atoms with Gasteiger partial charge in [-0.25, -0.2) is 8.78 Å². The van der Waals surface area contributed by atoms with Gasteiger partial charge in [0, 0.05) is 25.9 Å². The van der Waals surface area contributed by atoms with Gasteiger partial charge >= 0.3 is 0 Å². The number of hydrogen-bond donors (Lipinski definition) is 1. The van der Waals surface area contributed by atoms with E-state index in [1.807, 2.05) is 13.8 Å². The summed E-state index contributed by atoms with van der Waals surface area (Å²) in [7, 11) is 0. The number of halogens is 2. The summed E-state index contributed by atoms with van der Waals surface area (Å²) >= 11 is 0. The molecule has 1 saturated heterocycles. The molecule has 1 heterocycles. The van der Waals surface area contributed by atoms with Crippen LogP contribution in [-0.4, -0.2) is 41.5 Å². The number of nitrogens with zero attached hydrogens (tertiary/aromatic N) is 1. The summed E-state index contributed by atoms with van der Waals surface area (Å²) in [5.41, 5.74) is 0. The average Bonchev–Trinajstić information content (AvgIpc) is 2.17. The van der Waals surface area contributed by atoms with Gasteiger partial charge in [-0.1, -0.05) is 13.8 Å². The van der Waals surface area contributed by atoms with Crippen molar-refractivity contribution >= 4 is 5.91 Å². The van der Waals surface area contributed by atoms with Crippen LogP contribution in [0, 0.1) is 11.8 Å². The Hall–Kier alpha value is -0.710. The van der Waals surface area contributed by atoms with Gasteiger partial charge in [0.2, 0.25) is 5.91 Å². The van der Waals surface area contributed by atoms with Crippen LogP contribution in [0.3, 0.4) is 0 Å². The van der Waals surface area contributed by atoms with Gasteiger partial charge in [-0.05, 0) is 5.92 Å². The molecule has 1 aliphatic rings. The molecule has 0 spiro atoms. The quantitative estimate of drug-likeness (QED) is 0.805. The molecule has 1 atom stereocenters. The lowest BCUT2D eigenvalue weighted by atomic mass is 9.94. The first-order valence-corrected chi connectivity index (χ1v) is 5.65. The molecular formula is C11H19F2NO2. The highest BCUT2D eigenvalue weighted by molar-refractivity contribution is 5.79. The Kier molecular flexibility index (Phi) is 4.24. The van der Waals surface area contributed by atoms with E-state index < -0.39 is 11.8 Å². The lowest BCUT2D eigenvalue weighted by Gasteiger charge is -2.34. The Bertz CT molecular complexity index is 246. The van der Waals surface area contributed by atoms with Crippen molar-refractivity contribution in [3.05, 3.63) is 0 Å². The standard InChI is InChI=1S/C11H19F2NO2/c1-8(2)9(7-15)10(16)14-5-3-11(12,13)4-6-14/h8-9,15H,3-7H2,1-2H3. The minimum Gasteiger partial charge on any atom is -0.396 e. The highest BCUT2D eigenvalue weighted by atomic mass is 19.3. The minimum atomic E-state index is -2.64.